The number of amides is 1. The molecular weight excluding hydrogens is 348 g/mol. The molecule has 1 aromatic carbocycles. The Balaban J connectivity index is 1.86. The monoisotopic (exact) mass is 390 g/mol. The van der Waals surface area contributed by atoms with Crippen LogP contribution in [0.15, 0.2) is 30.3 Å². The third-order valence-electron chi connectivity index (χ3n) is 5.08. The summed E-state index contributed by atoms with van der Waals surface area (Å²) in [6, 6.07) is 9.32. The first-order valence-corrected chi connectivity index (χ1v) is 11.4. The molecule has 0 fully saturated rings. The molecule has 0 heterocycles. The molecule has 0 bridgehead atoms. The van der Waals surface area contributed by atoms with Crippen LogP contribution in [0.3, 0.4) is 0 Å². The summed E-state index contributed by atoms with van der Waals surface area (Å²) in [7, 11) is 0. The summed E-state index contributed by atoms with van der Waals surface area (Å²) in [6.07, 6.45) is 15.8. The maximum Gasteiger partial charge on any atom is 0.239 e. The Morgan fingerprint density at radius 1 is 0.893 bits per heavy atom. The second-order valence-corrected chi connectivity index (χ2v) is 7.79. The van der Waals surface area contributed by atoms with E-state index in [0.29, 0.717) is 13.2 Å². The van der Waals surface area contributed by atoms with Gasteiger partial charge in [0, 0.05) is 6.54 Å². The zero-order valence-electron chi connectivity index (χ0n) is 18.0. The Bertz CT molecular complexity index is 479. The highest BCUT2D eigenvalue weighted by atomic mass is 16.5. The van der Waals surface area contributed by atoms with Crippen molar-refractivity contribution in [1.29, 1.82) is 0 Å². The number of nitrogens with one attached hydrogen (secondary N) is 1. The van der Waals surface area contributed by atoms with Gasteiger partial charge < -0.3 is 15.8 Å². The molecule has 0 saturated heterocycles. The van der Waals surface area contributed by atoms with Crippen LogP contribution >= 0.6 is 0 Å². The van der Waals surface area contributed by atoms with Crippen molar-refractivity contribution in [2.24, 2.45) is 5.73 Å². The number of nitrogens with two attached hydrogens (primary N) is 1. The standard InChI is InChI=1S/C24H42N2O2/c1-2-3-4-5-6-7-8-9-10-11-12-16-19-26-24(27)23(25)21-28-20-22-17-14-13-15-18-22/h13-15,17-18,23H,2-12,16,19-21,25H2,1H3,(H,26,27)/t23-/m1/s1. The van der Waals surface area contributed by atoms with Crippen molar-refractivity contribution >= 4 is 5.91 Å². The van der Waals surface area contributed by atoms with Crippen LogP contribution in [0.4, 0.5) is 0 Å². The van der Waals surface area contributed by atoms with Gasteiger partial charge in [0.15, 0.2) is 0 Å². The predicted octanol–water partition coefficient (Wildman–Crippen LogP) is 5.35. The van der Waals surface area contributed by atoms with E-state index in [1.807, 2.05) is 30.3 Å². The molecule has 0 radical (unpaired) electrons. The SMILES string of the molecule is CCCCCCCCCCCCCCNC(=O)[C@H](N)COCc1ccccc1. The molecule has 160 valence electrons. The van der Waals surface area contributed by atoms with Gasteiger partial charge in [0.05, 0.1) is 13.2 Å². The minimum Gasteiger partial charge on any atom is -0.375 e. The molecule has 1 amide bonds. The van der Waals surface area contributed by atoms with Gasteiger partial charge in [-0.2, -0.15) is 0 Å². The third kappa shape index (κ3) is 13.7. The molecule has 0 aliphatic carbocycles. The second kappa shape index (κ2) is 17.7. The van der Waals surface area contributed by atoms with Crippen molar-refractivity contribution in [3.05, 3.63) is 35.9 Å². The number of ether oxygens (including phenoxy) is 1. The van der Waals surface area contributed by atoms with Crippen molar-refractivity contribution in [3.63, 3.8) is 0 Å². The summed E-state index contributed by atoms with van der Waals surface area (Å²) < 4.78 is 5.54. The average Bonchev–Trinajstić information content (AvgIpc) is 2.72. The minimum absolute atomic E-state index is 0.115. The largest absolute Gasteiger partial charge is 0.375 e. The van der Waals surface area contributed by atoms with Gasteiger partial charge in [-0.25, -0.2) is 0 Å². The number of hydrogen-bond donors (Lipinski definition) is 2. The highest BCUT2D eigenvalue weighted by Crippen LogP contribution is 2.11. The number of unbranched alkanes of at least 4 members (excludes halogenated alkanes) is 11. The lowest BCUT2D eigenvalue weighted by Crippen LogP contribution is -2.43. The molecule has 1 aromatic rings. The number of benzene rings is 1. The van der Waals surface area contributed by atoms with Crippen molar-refractivity contribution in [1.82, 2.24) is 5.32 Å². The first kappa shape index (κ1) is 24.6. The molecule has 0 aliphatic heterocycles. The fraction of sp³-hybridized carbons (Fsp3) is 0.708. The molecule has 1 rings (SSSR count). The number of carbonyl (C=O) groups excluding carboxylic acids is 1. The van der Waals surface area contributed by atoms with E-state index < -0.39 is 6.04 Å². The van der Waals surface area contributed by atoms with Crippen molar-refractivity contribution in [3.8, 4) is 0 Å². The third-order valence-corrected chi connectivity index (χ3v) is 5.08. The van der Waals surface area contributed by atoms with E-state index >= 15 is 0 Å². The summed E-state index contributed by atoms with van der Waals surface area (Å²) in [6.45, 7) is 3.71. The van der Waals surface area contributed by atoms with Crippen LogP contribution < -0.4 is 11.1 Å². The van der Waals surface area contributed by atoms with Gasteiger partial charge in [0.1, 0.15) is 6.04 Å². The van der Waals surface area contributed by atoms with Crippen LogP contribution in [-0.4, -0.2) is 25.1 Å². The smallest absolute Gasteiger partial charge is 0.239 e. The Hall–Kier alpha value is -1.39. The van der Waals surface area contributed by atoms with Crippen molar-refractivity contribution < 1.29 is 9.53 Å². The maximum atomic E-state index is 12.0. The van der Waals surface area contributed by atoms with Gasteiger partial charge in [-0.3, -0.25) is 4.79 Å². The van der Waals surface area contributed by atoms with Gasteiger partial charge in [-0.05, 0) is 12.0 Å². The lowest BCUT2D eigenvalue weighted by Gasteiger charge is -2.13. The molecule has 0 aliphatic rings. The maximum absolute atomic E-state index is 12.0. The van der Waals surface area contributed by atoms with Crippen molar-refractivity contribution in [2.75, 3.05) is 13.2 Å². The topological polar surface area (TPSA) is 64.4 Å². The summed E-state index contributed by atoms with van der Waals surface area (Å²) in [4.78, 5) is 12.0. The van der Waals surface area contributed by atoms with Crippen LogP contribution in [-0.2, 0) is 16.1 Å². The zero-order chi connectivity index (χ0) is 20.3. The van der Waals surface area contributed by atoms with Crippen molar-refractivity contribution in [2.45, 2.75) is 96.6 Å². The van der Waals surface area contributed by atoms with Crippen LogP contribution in [0.2, 0.25) is 0 Å². The Morgan fingerprint density at radius 3 is 2.00 bits per heavy atom. The van der Waals surface area contributed by atoms with E-state index in [4.69, 9.17) is 10.5 Å². The molecular formula is C24H42N2O2. The first-order chi connectivity index (χ1) is 13.7. The molecule has 1 atom stereocenters. The summed E-state index contributed by atoms with van der Waals surface area (Å²) in [5.74, 6) is -0.115. The molecule has 0 spiro atoms. The van der Waals surface area contributed by atoms with Gasteiger partial charge in [-0.15, -0.1) is 0 Å². The first-order valence-electron chi connectivity index (χ1n) is 11.4. The predicted molar refractivity (Wildman–Crippen MR) is 118 cm³/mol. The molecule has 28 heavy (non-hydrogen) atoms. The lowest BCUT2D eigenvalue weighted by molar-refractivity contribution is -0.123. The molecule has 0 unspecified atom stereocenters. The lowest BCUT2D eigenvalue weighted by atomic mass is 10.1. The average molecular weight is 391 g/mol. The minimum atomic E-state index is -0.596. The summed E-state index contributed by atoms with van der Waals surface area (Å²) in [5.41, 5.74) is 6.98. The Morgan fingerprint density at radius 2 is 1.43 bits per heavy atom. The van der Waals surface area contributed by atoms with E-state index in [-0.39, 0.29) is 12.5 Å². The zero-order valence-corrected chi connectivity index (χ0v) is 18.0. The highest BCUT2D eigenvalue weighted by molar-refractivity contribution is 5.81. The number of rotatable bonds is 18. The van der Waals surface area contributed by atoms with Gasteiger partial charge in [0.25, 0.3) is 0 Å². The van der Waals surface area contributed by atoms with Crippen LogP contribution in [0.25, 0.3) is 0 Å². The van der Waals surface area contributed by atoms with E-state index in [0.717, 1.165) is 12.0 Å². The highest BCUT2D eigenvalue weighted by Gasteiger charge is 2.12. The molecule has 4 heteroatoms. The fourth-order valence-corrected chi connectivity index (χ4v) is 3.26. The molecule has 3 N–H and O–H groups in total. The summed E-state index contributed by atoms with van der Waals surface area (Å²) >= 11 is 0. The van der Waals surface area contributed by atoms with Crippen LogP contribution in [0.1, 0.15) is 89.5 Å². The Labute approximate surface area is 172 Å². The van der Waals surface area contributed by atoms with Gasteiger partial charge in [0.2, 0.25) is 5.91 Å². The van der Waals surface area contributed by atoms with E-state index in [9.17, 15) is 4.79 Å². The molecule has 0 saturated carbocycles. The van der Waals surface area contributed by atoms with Gasteiger partial charge in [-0.1, -0.05) is 108 Å². The fourth-order valence-electron chi connectivity index (χ4n) is 3.26. The summed E-state index contributed by atoms with van der Waals surface area (Å²) in [5, 5.41) is 2.92. The molecule has 0 aromatic heterocycles. The van der Waals surface area contributed by atoms with E-state index in [1.54, 1.807) is 0 Å². The quantitative estimate of drug-likeness (QED) is 0.332. The number of hydrogen-bond acceptors (Lipinski definition) is 3. The second-order valence-electron chi connectivity index (χ2n) is 7.79. The van der Waals surface area contributed by atoms with Gasteiger partial charge >= 0.3 is 0 Å². The van der Waals surface area contributed by atoms with Crippen LogP contribution in [0, 0.1) is 0 Å². The van der Waals surface area contributed by atoms with E-state index in [2.05, 4.69) is 12.2 Å². The Kier molecular flexibility index (Phi) is 15.6. The molecule has 4 nitrogen and oxygen atoms in total. The van der Waals surface area contributed by atoms with E-state index in [1.165, 1.54) is 70.6 Å². The normalized spacial score (nSPS) is 12.1. The number of carbonyl (C=O) groups is 1. The van der Waals surface area contributed by atoms with Crippen LogP contribution in [0.5, 0.6) is 0 Å².